The summed E-state index contributed by atoms with van der Waals surface area (Å²) in [5.74, 6) is 0.191. The van der Waals surface area contributed by atoms with E-state index in [0.717, 1.165) is 0 Å². The van der Waals surface area contributed by atoms with Crippen LogP contribution in [0, 0.1) is 17.0 Å². The summed E-state index contributed by atoms with van der Waals surface area (Å²) in [5, 5.41) is 30.3. The first-order valence-electron chi connectivity index (χ1n) is 7.55. The number of H-pyrrole nitrogens is 1. The average Bonchev–Trinajstić information content (AvgIpc) is 3.12. The van der Waals surface area contributed by atoms with Gasteiger partial charge >= 0.3 is 5.69 Å². The van der Waals surface area contributed by atoms with Crippen LogP contribution in [-0.4, -0.2) is 32.7 Å². The van der Waals surface area contributed by atoms with Crippen LogP contribution in [0.5, 0.6) is 0 Å². The Morgan fingerprint density at radius 3 is 2.79 bits per heavy atom. The van der Waals surface area contributed by atoms with Gasteiger partial charge in [-0.15, -0.1) is 0 Å². The number of nitrogens with one attached hydrogen (secondary N) is 2. The van der Waals surface area contributed by atoms with E-state index in [4.69, 9.17) is 4.42 Å². The number of carbonyl (C=O) groups is 1. The lowest BCUT2D eigenvalue weighted by molar-refractivity contribution is -0.385. The third-order valence-electron chi connectivity index (χ3n) is 3.57. The van der Waals surface area contributed by atoms with Gasteiger partial charge in [-0.25, -0.2) is 0 Å². The van der Waals surface area contributed by atoms with E-state index in [9.17, 15) is 20.0 Å². The van der Waals surface area contributed by atoms with Gasteiger partial charge in [-0.05, 0) is 32.4 Å². The van der Waals surface area contributed by atoms with Crippen LogP contribution in [0.15, 0.2) is 16.5 Å². The van der Waals surface area contributed by atoms with E-state index in [1.807, 2.05) is 6.92 Å². The summed E-state index contributed by atoms with van der Waals surface area (Å²) in [4.78, 5) is 22.8. The minimum Gasteiger partial charge on any atom is -0.463 e. The van der Waals surface area contributed by atoms with Gasteiger partial charge in [0.05, 0.1) is 11.5 Å². The van der Waals surface area contributed by atoms with Gasteiger partial charge in [0.1, 0.15) is 22.8 Å². The van der Waals surface area contributed by atoms with Crippen LogP contribution in [0.4, 0.5) is 5.69 Å². The minimum atomic E-state index is -1.44. The molecule has 2 rings (SSSR count). The first kappa shape index (κ1) is 17.7. The largest absolute Gasteiger partial charge is 0.463 e. The molecule has 0 aliphatic rings. The van der Waals surface area contributed by atoms with E-state index in [2.05, 4.69) is 15.5 Å². The highest BCUT2D eigenvalue weighted by atomic mass is 16.6. The lowest BCUT2D eigenvalue weighted by atomic mass is 10.0. The van der Waals surface area contributed by atoms with Crippen molar-refractivity contribution in [2.75, 3.05) is 6.54 Å². The van der Waals surface area contributed by atoms with E-state index < -0.39 is 16.4 Å². The van der Waals surface area contributed by atoms with Crippen molar-refractivity contribution < 1.29 is 19.2 Å². The van der Waals surface area contributed by atoms with Gasteiger partial charge < -0.3 is 14.8 Å². The van der Waals surface area contributed by atoms with Crippen molar-refractivity contribution in [2.45, 2.75) is 39.2 Å². The van der Waals surface area contributed by atoms with Gasteiger partial charge in [0.25, 0.3) is 5.91 Å². The van der Waals surface area contributed by atoms with Crippen LogP contribution in [-0.2, 0) is 12.0 Å². The Kier molecular flexibility index (Phi) is 5.03. The third-order valence-corrected chi connectivity index (χ3v) is 3.57. The number of nitrogens with zero attached hydrogens (tertiary/aromatic N) is 2. The summed E-state index contributed by atoms with van der Waals surface area (Å²) in [5.41, 5.74) is -1.76. The fraction of sp³-hybridized carbons (Fsp3) is 0.467. The second-order valence-electron chi connectivity index (χ2n) is 5.77. The Balaban J connectivity index is 2.14. The van der Waals surface area contributed by atoms with Crippen molar-refractivity contribution in [1.29, 1.82) is 0 Å². The molecule has 2 heterocycles. The smallest absolute Gasteiger partial charge is 0.322 e. The number of aryl methyl sites for hydroxylation is 2. The predicted octanol–water partition coefficient (Wildman–Crippen LogP) is 1.81. The van der Waals surface area contributed by atoms with Crippen molar-refractivity contribution in [3.05, 3.63) is 45.2 Å². The zero-order chi connectivity index (χ0) is 17.9. The average molecular weight is 336 g/mol. The Labute approximate surface area is 138 Å². The van der Waals surface area contributed by atoms with Crippen molar-refractivity contribution in [3.63, 3.8) is 0 Å². The topological polar surface area (TPSA) is 134 Å². The highest BCUT2D eigenvalue weighted by Gasteiger charge is 2.32. The number of furan rings is 1. The maximum absolute atomic E-state index is 12.2. The van der Waals surface area contributed by atoms with Crippen LogP contribution in [0.2, 0.25) is 0 Å². The molecule has 1 atom stereocenters. The zero-order valence-electron chi connectivity index (χ0n) is 13.8. The molecule has 0 bridgehead atoms. The lowest BCUT2D eigenvalue weighted by Crippen LogP contribution is -2.38. The number of hydrogen-bond acceptors (Lipinski definition) is 6. The number of carbonyl (C=O) groups excluding carboxylic acids is 1. The third kappa shape index (κ3) is 3.62. The van der Waals surface area contributed by atoms with Crippen LogP contribution in [0.1, 0.15) is 48.0 Å². The second-order valence-corrected chi connectivity index (χ2v) is 5.77. The number of aromatic nitrogens is 2. The molecule has 2 aromatic rings. The van der Waals surface area contributed by atoms with Gasteiger partial charge in [0, 0.05) is 0 Å². The summed E-state index contributed by atoms with van der Waals surface area (Å²) < 4.78 is 5.35. The molecule has 1 unspecified atom stereocenters. The SMILES string of the molecule is CCCc1[nH]nc(C(=O)NCC(C)(O)c2ccc(C)o2)c1[N+](=O)[O-]. The van der Waals surface area contributed by atoms with Gasteiger partial charge in [0.2, 0.25) is 5.69 Å². The summed E-state index contributed by atoms with van der Waals surface area (Å²) in [7, 11) is 0. The fourth-order valence-electron chi connectivity index (χ4n) is 2.30. The molecule has 1 amide bonds. The van der Waals surface area contributed by atoms with E-state index in [1.54, 1.807) is 19.1 Å². The van der Waals surface area contributed by atoms with Crippen molar-refractivity contribution in [2.24, 2.45) is 0 Å². The Morgan fingerprint density at radius 1 is 1.54 bits per heavy atom. The molecular formula is C15H20N4O5. The number of hydrogen-bond donors (Lipinski definition) is 3. The van der Waals surface area contributed by atoms with E-state index in [1.165, 1.54) is 6.92 Å². The predicted molar refractivity (Wildman–Crippen MR) is 84.6 cm³/mol. The molecule has 0 aliphatic heterocycles. The standard InChI is InChI=1S/C15H20N4O5/c1-4-5-10-13(19(22)23)12(18-17-10)14(20)16-8-15(3,21)11-7-6-9(2)24-11/h6-7,21H,4-5,8H2,1-3H3,(H,16,20)(H,17,18). The first-order valence-corrected chi connectivity index (χ1v) is 7.55. The molecule has 9 heteroatoms. The molecule has 24 heavy (non-hydrogen) atoms. The molecule has 9 nitrogen and oxygen atoms in total. The van der Waals surface area contributed by atoms with Gasteiger partial charge in [-0.3, -0.25) is 20.0 Å². The second kappa shape index (κ2) is 6.83. The van der Waals surface area contributed by atoms with Gasteiger partial charge in [-0.2, -0.15) is 5.10 Å². The molecule has 0 fully saturated rings. The normalized spacial score (nSPS) is 13.5. The lowest BCUT2D eigenvalue weighted by Gasteiger charge is -2.20. The molecule has 0 saturated heterocycles. The van der Waals surface area contributed by atoms with E-state index in [-0.39, 0.29) is 17.9 Å². The van der Waals surface area contributed by atoms with Crippen molar-refractivity contribution >= 4 is 11.6 Å². The van der Waals surface area contributed by atoms with Crippen molar-refractivity contribution in [3.8, 4) is 0 Å². The highest BCUT2D eigenvalue weighted by molar-refractivity contribution is 5.96. The summed E-state index contributed by atoms with van der Waals surface area (Å²) in [6.45, 7) is 4.91. The Hall–Kier alpha value is -2.68. The number of aromatic amines is 1. The molecule has 0 aliphatic carbocycles. The Bertz CT molecular complexity index is 747. The molecule has 0 radical (unpaired) electrons. The van der Waals surface area contributed by atoms with Crippen LogP contribution in [0.25, 0.3) is 0 Å². The maximum Gasteiger partial charge on any atom is 0.322 e. The maximum atomic E-state index is 12.2. The van der Waals surface area contributed by atoms with Gasteiger partial charge in [-0.1, -0.05) is 13.3 Å². The van der Waals surface area contributed by atoms with Crippen LogP contribution >= 0.6 is 0 Å². The molecule has 0 aromatic carbocycles. The fourth-order valence-corrected chi connectivity index (χ4v) is 2.30. The first-order chi connectivity index (χ1) is 11.3. The number of aliphatic hydroxyl groups is 1. The molecule has 130 valence electrons. The van der Waals surface area contributed by atoms with E-state index in [0.29, 0.717) is 30.1 Å². The molecular weight excluding hydrogens is 316 g/mol. The zero-order valence-corrected chi connectivity index (χ0v) is 13.8. The minimum absolute atomic E-state index is 0.175. The van der Waals surface area contributed by atoms with Crippen molar-refractivity contribution in [1.82, 2.24) is 15.5 Å². The number of nitro groups is 1. The summed E-state index contributed by atoms with van der Waals surface area (Å²) in [6, 6.07) is 3.30. The molecule has 0 saturated carbocycles. The molecule has 3 N–H and O–H groups in total. The quantitative estimate of drug-likeness (QED) is 0.521. The highest BCUT2D eigenvalue weighted by Crippen LogP contribution is 2.24. The van der Waals surface area contributed by atoms with E-state index >= 15 is 0 Å². The summed E-state index contributed by atoms with van der Waals surface area (Å²) in [6.07, 6.45) is 1.09. The molecule has 2 aromatic heterocycles. The Morgan fingerprint density at radius 2 is 2.25 bits per heavy atom. The summed E-state index contributed by atoms with van der Waals surface area (Å²) >= 11 is 0. The molecule has 0 spiro atoms. The van der Waals surface area contributed by atoms with Gasteiger partial charge in [0.15, 0.2) is 0 Å². The number of rotatable bonds is 7. The monoisotopic (exact) mass is 336 g/mol. The van der Waals surface area contributed by atoms with Crippen LogP contribution in [0.3, 0.4) is 0 Å². The number of amides is 1. The van der Waals surface area contributed by atoms with Crippen LogP contribution < -0.4 is 5.32 Å².